The van der Waals surface area contributed by atoms with Gasteiger partial charge in [-0.05, 0) is 30.7 Å². The van der Waals surface area contributed by atoms with Gasteiger partial charge < -0.3 is 5.32 Å². The molecule has 0 atom stereocenters. The lowest BCUT2D eigenvalue weighted by Gasteiger charge is -2.20. The summed E-state index contributed by atoms with van der Waals surface area (Å²) in [6, 6.07) is 6.75. The van der Waals surface area contributed by atoms with E-state index in [4.69, 9.17) is 0 Å². The van der Waals surface area contributed by atoms with E-state index in [1.165, 1.54) is 4.31 Å². The molecule has 0 aliphatic rings. The number of anilines is 1. The third-order valence-corrected chi connectivity index (χ3v) is 4.47. The third kappa shape index (κ3) is 3.34. The minimum absolute atomic E-state index is 0.316. The molecule has 0 bridgehead atoms. The number of hydrogen-bond acceptors (Lipinski definition) is 3. The van der Waals surface area contributed by atoms with Crippen LogP contribution in [-0.2, 0) is 10.0 Å². The van der Waals surface area contributed by atoms with Crippen molar-refractivity contribution in [1.29, 1.82) is 0 Å². The van der Waals surface area contributed by atoms with Gasteiger partial charge in [0.2, 0.25) is 10.0 Å². The van der Waals surface area contributed by atoms with Crippen LogP contribution in [0.3, 0.4) is 0 Å². The first-order valence-electron chi connectivity index (χ1n) is 5.95. The SMILES string of the molecule is C=CCN(CCC)S(=O)(=O)c1ccc(NC)cc1. The van der Waals surface area contributed by atoms with E-state index in [0.29, 0.717) is 18.0 Å². The summed E-state index contributed by atoms with van der Waals surface area (Å²) in [5, 5.41) is 2.96. The molecule has 1 rings (SSSR count). The quantitative estimate of drug-likeness (QED) is 0.772. The average Bonchev–Trinajstić information content (AvgIpc) is 2.38. The number of hydrogen-bond donors (Lipinski definition) is 1. The molecule has 1 aromatic carbocycles. The van der Waals surface area contributed by atoms with E-state index >= 15 is 0 Å². The Bertz CT molecular complexity index is 480. The van der Waals surface area contributed by atoms with E-state index < -0.39 is 10.0 Å². The summed E-state index contributed by atoms with van der Waals surface area (Å²) in [7, 11) is -1.62. The van der Waals surface area contributed by atoms with Crippen molar-refractivity contribution in [2.75, 3.05) is 25.5 Å². The molecule has 0 radical (unpaired) electrons. The molecule has 5 heteroatoms. The Morgan fingerprint density at radius 2 is 1.94 bits per heavy atom. The Balaban J connectivity index is 3.04. The molecular weight excluding hydrogens is 248 g/mol. The Morgan fingerprint density at radius 3 is 2.39 bits per heavy atom. The molecule has 1 N–H and O–H groups in total. The van der Waals surface area contributed by atoms with E-state index in [0.717, 1.165) is 12.1 Å². The van der Waals surface area contributed by atoms with Crippen molar-refractivity contribution in [2.45, 2.75) is 18.2 Å². The second-order valence-electron chi connectivity index (χ2n) is 3.93. The van der Waals surface area contributed by atoms with Crippen molar-refractivity contribution in [2.24, 2.45) is 0 Å². The maximum Gasteiger partial charge on any atom is 0.243 e. The summed E-state index contributed by atoms with van der Waals surface area (Å²) in [6.07, 6.45) is 2.39. The number of nitrogens with one attached hydrogen (secondary N) is 1. The number of benzene rings is 1. The minimum atomic E-state index is -3.42. The second-order valence-corrected chi connectivity index (χ2v) is 5.86. The molecule has 0 saturated heterocycles. The highest BCUT2D eigenvalue weighted by atomic mass is 32.2. The summed E-state index contributed by atoms with van der Waals surface area (Å²) >= 11 is 0. The van der Waals surface area contributed by atoms with Crippen LogP contribution >= 0.6 is 0 Å². The van der Waals surface area contributed by atoms with Gasteiger partial charge in [-0.3, -0.25) is 0 Å². The summed E-state index contributed by atoms with van der Waals surface area (Å²) in [5.41, 5.74) is 0.889. The number of sulfonamides is 1. The molecule has 0 saturated carbocycles. The molecule has 0 aliphatic heterocycles. The van der Waals surface area contributed by atoms with Crippen molar-refractivity contribution >= 4 is 15.7 Å². The van der Waals surface area contributed by atoms with Gasteiger partial charge in [-0.15, -0.1) is 6.58 Å². The van der Waals surface area contributed by atoms with E-state index in [1.54, 1.807) is 37.4 Å². The largest absolute Gasteiger partial charge is 0.388 e. The zero-order chi connectivity index (χ0) is 13.6. The van der Waals surface area contributed by atoms with Crippen LogP contribution in [0.5, 0.6) is 0 Å². The Labute approximate surface area is 109 Å². The fourth-order valence-electron chi connectivity index (χ4n) is 1.65. The highest BCUT2D eigenvalue weighted by Gasteiger charge is 2.22. The second kappa shape index (κ2) is 6.56. The van der Waals surface area contributed by atoms with Gasteiger partial charge in [-0.2, -0.15) is 4.31 Å². The Hall–Kier alpha value is -1.33. The molecule has 0 aromatic heterocycles. The van der Waals surface area contributed by atoms with Gasteiger partial charge in [0, 0.05) is 25.8 Å². The predicted molar refractivity (Wildman–Crippen MR) is 75.2 cm³/mol. The molecule has 0 amide bonds. The van der Waals surface area contributed by atoms with Crippen LogP contribution in [0, 0.1) is 0 Å². The Kier molecular flexibility index (Phi) is 5.37. The van der Waals surface area contributed by atoms with Crippen LogP contribution in [0.15, 0.2) is 41.8 Å². The average molecular weight is 268 g/mol. The van der Waals surface area contributed by atoms with Gasteiger partial charge in [0.1, 0.15) is 0 Å². The zero-order valence-corrected chi connectivity index (χ0v) is 11.7. The molecule has 4 nitrogen and oxygen atoms in total. The normalized spacial score (nSPS) is 11.5. The third-order valence-electron chi connectivity index (χ3n) is 2.59. The lowest BCUT2D eigenvalue weighted by atomic mass is 10.3. The minimum Gasteiger partial charge on any atom is -0.388 e. The summed E-state index contributed by atoms with van der Waals surface area (Å²) in [6.45, 7) is 6.39. The van der Waals surface area contributed by atoms with Gasteiger partial charge in [0.15, 0.2) is 0 Å². The van der Waals surface area contributed by atoms with E-state index in [1.807, 2.05) is 6.92 Å². The van der Waals surface area contributed by atoms with Crippen LogP contribution in [0.1, 0.15) is 13.3 Å². The van der Waals surface area contributed by atoms with E-state index in [9.17, 15) is 8.42 Å². The van der Waals surface area contributed by atoms with Crippen molar-refractivity contribution in [1.82, 2.24) is 4.31 Å². The van der Waals surface area contributed by atoms with Gasteiger partial charge in [-0.25, -0.2) is 8.42 Å². The lowest BCUT2D eigenvalue weighted by Crippen LogP contribution is -2.31. The highest BCUT2D eigenvalue weighted by Crippen LogP contribution is 2.18. The van der Waals surface area contributed by atoms with Crippen molar-refractivity contribution < 1.29 is 8.42 Å². The predicted octanol–water partition coefficient (Wildman–Crippen LogP) is 2.32. The summed E-state index contributed by atoms with van der Waals surface area (Å²) in [4.78, 5) is 0.316. The topological polar surface area (TPSA) is 49.4 Å². The zero-order valence-electron chi connectivity index (χ0n) is 10.9. The molecule has 18 heavy (non-hydrogen) atoms. The fraction of sp³-hybridized carbons (Fsp3) is 0.385. The maximum absolute atomic E-state index is 12.4. The van der Waals surface area contributed by atoms with E-state index in [2.05, 4.69) is 11.9 Å². The summed E-state index contributed by atoms with van der Waals surface area (Å²) in [5.74, 6) is 0. The van der Waals surface area contributed by atoms with Crippen molar-refractivity contribution in [3.8, 4) is 0 Å². The molecule has 100 valence electrons. The maximum atomic E-state index is 12.4. The fourth-order valence-corrected chi connectivity index (χ4v) is 3.15. The lowest BCUT2D eigenvalue weighted by molar-refractivity contribution is 0.441. The van der Waals surface area contributed by atoms with E-state index in [-0.39, 0.29) is 0 Å². The van der Waals surface area contributed by atoms with Crippen LogP contribution in [0.4, 0.5) is 5.69 Å². The first-order valence-corrected chi connectivity index (χ1v) is 7.39. The molecular formula is C13H20N2O2S. The molecule has 0 fully saturated rings. The Morgan fingerprint density at radius 1 is 1.33 bits per heavy atom. The van der Waals surface area contributed by atoms with Crippen LogP contribution in [-0.4, -0.2) is 32.9 Å². The van der Waals surface area contributed by atoms with Gasteiger partial charge in [0.05, 0.1) is 4.90 Å². The van der Waals surface area contributed by atoms with Crippen LogP contribution < -0.4 is 5.32 Å². The van der Waals surface area contributed by atoms with Crippen LogP contribution in [0.2, 0.25) is 0 Å². The monoisotopic (exact) mass is 268 g/mol. The smallest absolute Gasteiger partial charge is 0.243 e. The van der Waals surface area contributed by atoms with Crippen molar-refractivity contribution in [3.63, 3.8) is 0 Å². The summed E-state index contributed by atoms with van der Waals surface area (Å²) < 4.78 is 26.2. The number of rotatable bonds is 7. The van der Waals surface area contributed by atoms with Gasteiger partial charge in [-0.1, -0.05) is 13.0 Å². The highest BCUT2D eigenvalue weighted by molar-refractivity contribution is 7.89. The molecule has 1 aromatic rings. The van der Waals surface area contributed by atoms with Gasteiger partial charge in [0.25, 0.3) is 0 Å². The molecule has 0 spiro atoms. The first kappa shape index (κ1) is 14.7. The molecule has 0 heterocycles. The van der Waals surface area contributed by atoms with Crippen molar-refractivity contribution in [3.05, 3.63) is 36.9 Å². The van der Waals surface area contributed by atoms with Crippen LogP contribution in [0.25, 0.3) is 0 Å². The number of nitrogens with zero attached hydrogens (tertiary/aromatic N) is 1. The molecule has 0 unspecified atom stereocenters. The standard InChI is InChI=1S/C13H20N2O2S/c1-4-10-15(11-5-2)18(16,17)13-8-6-12(14-3)7-9-13/h4,6-9,14H,1,5,10-11H2,2-3H3. The van der Waals surface area contributed by atoms with Gasteiger partial charge >= 0.3 is 0 Å². The first-order chi connectivity index (χ1) is 8.56. The molecule has 0 aliphatic carbocycles.